The third-order valence-electron chi connectivity index (χ3n) is 2.99. The van der Waals surface area contributed by atoms with Crippen molar-refractivity contribution >= 4 is 9.52 Å². The highest BCUT2D eigenvalue weighted by Gasteiger charge is 2.15. The molecule has 0 atom stereocenters. The van der Waals surface area contributed by atoms with Gasteiger partial charge in [0.05, 0.1) is 0 Å². The van der Waals surface area contributed by atoms with E-state index >= 15 is 0 Å². The molecular formula is C16H18Si. The van der Waals surface area contributed by atoms with Crippen molar-refractivity contribution in [2.24, 2.45) is 0 Å². The summed E-state index contributed by atoms with van der Waals surface area (Å²) in [5.74, 6) is 0. The Hall–Kier alpha value is -1.60. The molecule has 2 aromatic carbocycles. The summed E-state index contributed by atoms with van der Waals surface area (Å²) in [4.78, 5) is 0. The normalized spacial score (nSPS) is 11.6. The van der Waals surface area contributed by atoms with E-state index in [-0.39, 0.29) is 9.52 Å². The monoisotopic (exact) mass is 238 g/mol. The molecule has 0 aromatic heterocycles. The van der Waals surface area contributed by atoms with E-state index in [1.54, 1.807) is 0 Å². The zero-order chi connectivity index (χ0) is 12.1. The quantitative estimate of drug-likeness (QED) is 0.568. The van der Waals surface area contributed by atoms with Gasteiger partial charge in [0, 0.05) is 9.52 Å². The van der Waals surface area contributed by atoms with Gasteiger partial charge in [-0.25, -0.2) is 0 Å². The number of hydrogen-bond acceptors (Lipinski definition) is 0. The molecule has 86 valence electrons. The second kappa shape index (κ2) is 5.64. The lowest BCUT2D eigenvalue weighted by atomic mass is 10.1. The lowest BCUT2D eigenvalue weighted by Gasteiger charge is -1.98. The van der Waals surface area contributed by atoms with Crippen LogP contribution in [0.15, 0.2) is 60.8 Å². The standard InChI is InChI=1S/C13H10.C3H8Si/c1-3-7-12-10(5-1)9-11-6-2-4-8-13(11)12;1-3-4-2/h1-8H,9H2;3H,1,4H2,2H3. The summed E-state index contributed by atoms with van der Waals surface area (Å²) in [5, 5.41) is 0. The van der Waals surface area contributed by atoms with Crippen molar-refractivity contribution in [1.29, 1.82) is 0 Å². The van der Waals surface area contributed by atoms with Gasteiger partial charge < -0.3 is 0 Å². The third-order valence-corrected chi connectivity index (χ3v) is 3.57. The van der Waals surface area contributed by atoms with Crippen molar-refractivity contribution in [3.8, 4) is 11.1 Å². The molecule has 0 saturated carbocycles. The first-order valence-corrected chi connectivity index (χ1v) is 8.37. The molecule has 1 aliphatic rings. The number of fused-ring (bicyclic) bond motifs is 3. The summed E-state index contributed by atoms with van der Waals surface area (Å²) in [6, 6.07) is 17.3. The van der Waals surface area contributed by atoms with Crippen LogP contribution < -0.4 is 0 Å². The number of rotatable bonds is 1. The fraction of sp³-hybridized carbons (Fsp3) is 0.125. The van der Waals surface area contributed by atoms with Crippen LogP contribution in [0.25, 0.3) is 11.1 Å². The minimum absolute atomic E-state index is 0.188. The molecule has 1 heteroatoms. The van der Waals surface area contributed by atoms with E-state index in [9.17, 15) is 0 Å². The van der Waals surface area contributed by atoms with Gasteiger partial charge >= 0.3 is 0 Å². The molecule has 17 heavy (non-hydrogen) atoms. The maximum absolute atomic E-state index is 3.54. The summed E-state index contributed by atoms with van der Waals surface area (Å²) in [5.41, 5.74) is 7.77. The number of hydrogen-bond donors (Lipinski definition) is 0. The molecule has 2 aromatic rings. The van der Waals surface area contributed by atoms with Crippen LogP contribution in [0.1, 0.15) is 11.1 Å². The molecular weight excluding hydrogens is 220 g/mol. The van der Waals surface area contributed by atoms with Crippen LogP contribution in [-0.2, 0) is 6.42 Å². The Labute approximate surface area is 106 Å². The number of benzene rings is 2. The van der Waals surface area contributed by atoms with E-state index in [1.165, 1.54) is 22.3 Å². The molecule has 0 aliphatic heterocycles. The minimum atomic E-state index is 0.188. The summed E-state index contributed by atoms with van der Waals surface area (Å²) in [6.45, 7) is 5.74. The molecule has 0 unspecified atom stereocenters. The molecule has 0 amide bonds. The molecule has 0 bridgehead atoms. The van der Waals surface area contributed by atoms with Crippen LogP contribution in [0, 0.1) is 0 Å². The average molecular weight is 238 g/mol. The van der Waals surface area contributed by atoms with Gasteiger partial charge in [-0.2, -0.15) is 0 Å². The van der Waals surface area contributed by atoms with Crippen LogP contribution in [-0.4, -0.2) is 9.52 Å². The fourth-order valence-corrected chi connectivity index (χ4v) is 2.08. The molecule has 0 N–H and O–H groups in total. The predicted molar refractivity (Wildman–Crippen MR) is 79.3 cm³/mol. The Kier molecular flexibility index (Phi) is 3.94. The van der Waals surface area contributed by atoms with Crippen molar-refractivity contribution in [2.45, 2.75) is 13.0 Å². The first-order valence-electron chi connectivity index (χ1n) is 6.14. The van der Waals surface area contributed by atoms with Crippen molar-refractivity contribution in [2.75, 3.05) is 0 Å². The zero-order valence-electron chi connectivity index (χ0n) is 10.3. The summed E-state index contributed by atoms with van der Waals surface area (Å²) in [7, 11) is 0.188. The minimum Gasteiger partial charge on any atom is -0.109 e. The highest BCUT2D eigenvalue weighted by atomic mass is 28.2. The molecule has 0 nitrogen and oxygen atoms in total. The van der Waals surface area contributed by atoms with Crippen LogP contribution in [0.2, 0.25) is 6.55 Å². The highest BCUT2D eigenvalue weighted by molar-refractivity contribution is 6.39. The van der Waals surface area contributed by atoms with E-state index < -0.39 is 0 Å². The summed E-state index contributed by atoms with van der Waals surface area (Å²) < 4.78 is 0. The molecule has 0 fully saturated rings. The van der Waals surface area contributed by atoms with E-state index in [1.807, 2.05) is 5.70 Å². The second-order valence-electron chi connectivity index (χ2n) is 4.19. The van der Waals surface area contributed by atoms with Crippen molar-refractivity contribution in [3.63, 3.8) is 0 Å². The van der Waals surface area contributed by atoms with Crippen LogP contribution in [0.4, 0.5) is 0 Å². The molecule has 0 saturated heterocycles. The van der Waals surface area contributed by atoms with Gasteiger partial charge in [-0.05, 0) is 28.7 Å². The maximum atomic E-state index is 3.54. The van der Waals surface area contributed by atoms with Crippen molar-refractivity contribution in [1.82, 2.24) is 0 Å². The van der Waals surface area contributed by atoms with Crippen LogP contribution >= 0.6 is 0 Å². The second-order valence-corrected chi connectivity index (χ2v) is 5.58. The maximum Gasteiger partial charge on any atom is 0.0415 e. The van der Waals surface area contributed by atoms with Gasteiger partial charge in [0.2, 0.25) is 0 Å². The summed E-state index contributed by atoms with van der Waals surface area (Å²) >= 11 is 0. The summed E-state index contributed by atoms with van der Waals surface area (Å²) in [6.07, 6.45) is 1.10. The average Bonchev–Trinajstić information content (AvgIpc) is 2.77. The van der Waals surface area contributed by atoms with E-state index in [0.717, 1.165) is 6.42 Å². The van der Waals surface area contributed by atoms with Crippen LogP contribution in [0.3, 0.4) is 0 Å². The Morgan fingerprint density at radius 1 is 0.941 bits per heavy atom. The van der Waals surface area contributed by atoms with E-state index in [0.29, 0.717) is 0 Å². The Morgan fingerprint density at radius 3 is 1.76 bits per heavy atom. The predicted octanol–water partition coefficient (Wildman–Crippen LogP) is 3.60. The zero-order valence-corrected chi connectivity index (χ0v) is 11.7. The Balaban J connectivity index is 0.000000239. The smallest absolute Gasteiger partial charge is 0.0415 e. The van der Waals surface area contributed by atoms with Gasteiger partial charge in [0.25, 0.3) is 0 Å². The molecule has 0 radical (unpaired) electrons. The largest absolute Gasteiger partial charge is 0.109 e. The van der Waals surface area contributed by atoms with Gasteiger partial charge in [0.1, 0.15) is 0 Å². The fourth-order valence-electron chi connectivity index (χ4n) is 2.08. The first-order chi connectivity index (χ1) is 8.36. The van der Waals surface area contributed by atoms with Gasteiger partial charge in [-0.3, -0.25) is 0 Å². The SMILES string of the molecule is C=C[SiH2]C.c1ccc2c(c1)Cc1ccccc1-2. The Morgan fingerprint density at radius 2 is 1.35 bits per heavy atom. The van der Waals surface area contributed by atoms with Gasteiger partial charge in [0.15, 0.2) is 0 Å². The molecule has 0 heterocycles. The van der Waals surface area contributed by atoms with Gasteiger partial charge in [-0.15, -0.1) is 12.3 Å². The van der Waals surface area contributed by atoms with Crippen molar-refractivity contribution < 1.29 is 0 Å². The Bertz CT molecular complexity index is 471. The topological polar surface area (TPSA) is 0 Å². The molecule has 0 spiro atoms. The van der Waals surface area contributed by atoms with Crippen molar-refractivity contribution in [3.05, 3.63) is 71.9 Å². The van der Waals surface area contributed by atoms with E-state index in [4.69, 9.17) is 0 Å². The lowest BCUT2D eigenvalue weighted by Crippen LogP contribution is -1.77. The van der Waals surface area contributed by atoms with Gasteiger partial charge in [-0.1, -0.05) is 55.1 Å². The highest BCUT2D eigenvalue weighted by Crippen LogP contribution is 2.35. The first kappa shape index (κ1) is 11.9. The third kappa shape index (κ3) is 2.56. The molecule has 1 aliphatic carbocycles. The van der Waals surface area contributed by atoms with E-state index in [2.05, 4.69) is 61.7 Å². The molecule has 3 rings (SSSR count). The lowest BCUT2D eigenvalue weighted by molar-refractivity contribution is 1.26. The van der Waals surface area contributed by atoms with Crippen LogP contribution in [0.5, 0.6) is 0 Å².